The zero-order chi connectivity index (χ0) is 14.5. The molecular weight excluding hydrogens is 294 g/mol. The molecule has 108 valence electrons. The lowest BCUT2D eigenvalue weighted by Crippen LogP contribution is -2.27. The van der Waals surface area contributed by atoms with E-state index in [9.17, 15) is 4.79 Å². The molecule has 0 spiro atoms. The highest BCUT2D eigenvalue weighted by Gasteiger charge is 2.13. The van der Waals surface area contributed by atoms with Crippen molar-refractivity contribution in [3.63, 3.8) is 0 Å². The highest BCUT2D eigenvalue weighted by Crippen LogP contribution is 2.19. The van der Waals surface area contributed by atoms with Gasteiger partial charge >= 0.3 is 0 Å². The Morgan fingerprint density at radius 2 is 2.40 bits per heavy atom. The fourth-order valence-corrected chi connectivity index (χ4v) is 3.15. The summed E-state index contributed by atoms with van der Waals surface area (Å²) in [4.78, 5) is 13.0. The van der Waals surface area contributed by atoms with Gasteiger partial charge in [0.15, 0.2) is 5.16 Å². The summed E-state index contributed by atoms with van der Waals surface area (Å²) >= 11 is 2.99. The Morgan fingerprint density at radius 3 is 3.00 bits per heavy atom. The Labute approximate surface area is 125 Å². The number of carbonyl (C=O) groups is 1. The fourth-order valence-electron chi connectivity index (χ4n) is 1.67. The van der Waals surface area contributed by atoms with Crippen LogP contribution < -0.4 is 11.1 Å². The third-order valence-electron chi connectivity index (χ3n) is 2.79. The highest BCUT2D eigenvalue weighted by molar-refractivity contribution is 7.99. The predicted octanol–water partition coefficient (Wildman–Crippen LogP) is 1.30. The minimum Gasteiger partial charge on any atom is -0.348 e. The van der Waals surface area contributed by atoms with Gasteiger partial charge in [0.05, 0.1) is 18.3 Å². The number of aromatic nitrogens is 3. The average Bonchev–Trinajstić information content (AvgIpc) is 3.06. The molecule has 2 heterocycles. The van der Waals surface area contributed by atoms with Crippen LogP contribution in [0.5, 0.6) is 0 Å². The number of carbonyl (C=O) groups excluding carboxylic acids is 1. The lowest BCUT2D eigenvalue weighted by atomic mass is 10.3. The standard InChI is InChI=1S/C12H17N5OS2/c1-8(9-4-3-5-19-9)14-11(18)7-20-12-16-15-10(6-13)17(12)2/h3-5,8H,6-7,13H2,1-2H3,(H,14,18). The quantitative estimate of drug-likeness (QED) is 0.786. The monoisotopic (exact) mass is 311 g/mol. The van der Waals surface area contributed by atoms with Gasteiger partial charge in [-0.05, 0) is 18.4 Å². The first-order valence-corrected chi connectivity index (χ1v) is 8.02. The maximum absolute atomic E-state index is 11.9. The zero-order valence-corrected chi connectivity index (χ0v) is 13.0. The van der Waals surface area contributed by atoms with E-state index in [0.29, 0.717) is 23.3 Å². The highest BCUT2D eigenvalue weighted by atomic mass is 32.2. The van der Waals surface area contributed by atoms with Crippen LogP contribution in [0.15, 0.2) is 22.7 Å². The van der Waals surface area contributed by atoms with Crippen molar-refractivity contribution in [2.24, 2.45) is 12.8 Å². The SMILES string of the molecule is CC(NC(=O)CSc1nnc(CN)n1C)c1cccs1. The van der Waals surface area contributed by atoms with Crippen LogP contribution >= 0.6 is 23.1 Å². The van der Waals surface area contributed by atoms with Crippen molar-refractivity contribution in [2.45, 2.75) is 24.7 Å². The van der Waals surface area contributed by atoms with Gasteiger partial charge in [0, 0.05) is 11.9 Å². The summed E-state index contributed by atoms with van der Waals surface area (Å²) in [7, 11) is 1.84. The molecule has 8 heteroatoms. The van der Waals surface area contributed by atoms with Crippen molar-refractivity contribution >= 4 is 29.0 Å². The van der Waals surface area contributed by atoms with E-state index in [1.165, 1.54) is 11.8 Å². The third-order valence-corrected chi connectivity index (χ3v) is 4.86. The van der Waals surface area contributed by atoms with Crippen LogP contribution in [0, 0.1) is 0 Å². The topological polar surface area (TPSA) is 85.8 Å². The van der Waals surface area contributed by atoms with Crippen molar-refractivity contribution in [3.8, 4) is 0 Å². The summed E-state index contributed by atoms with van der Waals surface area (Å²) in [6.07, 6.45) is 0. The van der Waals surface area contributed by atoms with E-state index >= 15 is 0 Å². The van der Waals surface area contributed by atoms with Crippen molar-refractivity contribution in [3.05, 3.63) is 28.2 Å². The molecule has 0 aliphatic carbocycles. The molecule has 0 saturated carbocycles. The molecule has 2 aromatic heterocycles. The lowest BCUT2D eigenvalue weighted by Gasteiger charge is -2.11. The normalized spacial score (nSPS) is 12.3. The molecule has 20 heavy (non-hydrogen) atoms. The maximum Gasteiger partial charge on any atom is 0.230 e. The van der Waals surface area contributed by atoms with E-state index in [2.05, 4.69) is 15.5 Å². The van der Waals surface area contributed by atoms with E-state index in [1.54, 1.807) is 15.9 Å². The van der Waals surface area contributed by atoms with Crippen LogP contribution in [-0.2, 0) is 18.4 Å². The van der Waals surface area contributed by atoms with Crippen molar-refractivity contribution in [1.82, 2.24) is 20.1 Å². The van der Waals surface area contributed by atoms with Gasteiger partial charge < -0.3 is 15.6 Å². The molecule has 6 nitrogen and oxygen atoms in total. The second-order valence-electron chi connectivity index (χ2n) is 4.26. The van der Waals surface area contributed by atoms with Gasteiger partial charge in [0.25, 0.3) is 0 Å². The third kappa shape index (κ3) is 3.59. The number of thiophene rings is 1. The number of nitrogens with one attached hydrogen (secondary N) is 1. The molecule has 1 amide bonds. The summed E-state index contributed by atoms with van der Waals surface area (Å²) in [5.41, 5.74) is 5.53. The van der Waals surface area contributed by atoms with Crippen LogP contribution in [0.25, 0.3) is 0 Å². The fraction of sp³-hybridized carbons (Fsp3) is 0.417. The molecule has 0 fully saturated rings. The molecule has 0 radical (unpaired) electrons. The summed E-state index contributed by atoms with van der Waals surface area (Å²) in [6.45, 7) is 2.31. The van der Waals surface area contributed by atoms with E-state index in [-0.39, 0.29) is 11.9 Å². The summed E-state index contributed by atoms with van der Waals surface area (Å²) in [6, 6.07) is 4.02. The van der Waals surface area contributed by atoms with Gasteiger partial charge in [0.2, 0.25) is 5.91 Å². The number of hydrogen-bond acceptors (Lipinski definition) is 6. The molecular formula is C12H17N5OS2. The molecule has 2 aromatic rings. The van der Waals surface area contributed by atoms with Gasteiger partial charge in [-0.15, -0.1) is 21.5 Å². The number of hydrogen-bond donors (Lipinski definition) is 2. The molecule has 1 unspecified atom stereocenters. The molecule has 0 bridgehead atoms. The Kier molecular flexibility index (Phi) is 5.16. The van der Waals surface area contributed by atoms with Crippen molar-refractivity contribution < 1.29 is 4.79 Å². The number of nitrogens with two attached hydrogens (primary N) is 1. The van der Waals surface area contributed by atoms with E-state index in [0.717, 1.165) is 4.88 Å². The second-order valence-corrected chi connectivity index (χ2v) is 6.18. The minimum atomic E-state index is -0.0202. The zero-order valence-electron chi connectivity index (χ0n) is 11.4. The van der Waals surface area contributed by atoms with E-state index in [1.807, 2.05) is 31.5 Å². The molecule has 0 aliphatic heterocycles. The molecule has 0 aromatic carbocycles. The Hall–Kier alpha value is -1.38. The van der Waals surface area contributed by atoms with E-state index < -0.39 is 0 Å². The number of amides is 1. The van der Waals surface area contributed by atoms with Crippen LogP contribution in [-0.4, -0.2) is 26.4 Å². The van der Waals surface area contributed by atoms with Gasteiger partial charge in [-0.3, -0.25) is 4.79 Å². The molecule has 3 N–H and O–H groups in total. The Bertz CT molecular complexity index is 566. The molecule has 0 aliphatic rings. The molecule has 0 saturated heterocycles. The van der Waals surface area contributed by atoms with Crippen molar-refractivity contribution in [1.29, 1.82) is 0 Å². The number of nitrogens with zero attached hydrogens (tertiary/aromatic N) is 3. The van der Waals surface area contributed by atoms with Gasteiger partial charge in [-0.25, -0.2) is 0 Å². The molecule has 2 rings (SSSR count). The summed E-state index contributed by atoms with van der Waals surface area (Å²) in [5.74, 6) is 1.000. The number of thioether (sulfide) groups is 1. The Morgan fingerprint density at radius 1 is 1.60 bits per heavy atom. The predicted molar refractivity (Wildman–Crippen MR) is 80.5 cm³/mol. The largest absolute Gasteiger partial charge is 0.348 e. The maximum atomic E-state index is 11.9. The van der Waals surface area contributed by atoms with Crippen LogP contribution in [0.2, 0.25) is 0 Å². The minimum absolute atomic E-state index is 0.0202. The first kappa shape index (κ1) is 15.0. The van der Waals surface area contributed by atoms with Gasteiger partial charge in [0.1, 0.15) is 5.82 Å². The number of rotatable bonds is 6. The summed E-state index contributed by atoms with van der Waals surface area (Å²) < 4.78 is 1.81. The summed E-state index contributed by atoms with van der Waals surface area (Å²) in [5, 5.41) is 13.6. The average molecular weight is 311 g/mol. The first-order valence-electron chi connectivity index (χ1n) is 6.15. The second kappa shape index (κ2) is 6.87. The lowest BCUT2D eigenvalue weighted by molar-refractivity contribution is -0.119. The molecule has 1 atom stereocenters. The van der Waals surface area contributed by atoms with Crippen LogP contribution in [0.3, 0.4) is 0 Å². The van der Waals surface area contributed by atoms with Crippen LogP contribution in [0.4, 0.5) is 0 Å². The smallest absolute Gasteiger partial charge is 0.230 e. The van der Waals surface area contributed by atoms with E-state index in [4.69, 9.17) is 5.73 Å². The van der Waals surface area contributed by atoms with Gasteiger partial charge in [-0.2, -0.15) is 0 Å². The Balaban J connectivity index is 1.84. The van der Waals surface area contributed by atoms with Crippen LogP contribution in [0.1, 0.15) is 23.7 Å². The van der Waals surface area contributed by atoms with Crippen molar-refractivity contribution in [2.75, 3.05) is 5.75 Å². The van der Waals surface area contributed by atoms with Gasteiger partial charge in [-0.1, -0.05) is 17.8 Å². The first-order chi connectivity index (χ1) is 9.61.